The Hall–Kier alpha value is -1.42. The molecule has 1 aromatic rings. The van der Waals surface area contributed by atoms with Crippen LogP contribution in [0.4, 0.5) is 0 Å². The zero-order chi connectivity index (χ0) is 11.4. The van der Waals surface area contributed by atoms with Crippen molar-refractivity contribution >= 4 is 5.97 Å². The second-order valence-corrected chi connectivity index (χ2v) is 4.07. The van der Waals surface area contributed by atoms with E-state index < -0.39 is 0 Å². The summed E-state index contributed by atoms with van der Waals surface area (Å²) in [5.74, 6) is 0.297. The summed E-state index contributed by atoms with van der Waals surface area (Å²) in [5, 5.41) is 3.25. The first-order valence-electron chi connectivity index (χ1n) is 5.51. The van der Waals surface area contributed by atoms with Crippen molar-refractivity contribution in [3.05, 3.63) is 30.1 Å². The van der Waals surface area contributed by atoms with Crippen molar-refractivity contribution in [2.75, 3.05) is 7.11 Å². The molecule has 1 aliphatic carbocycles. The second kappa shape index (κ2) is 5.07. The molecule has 16 heavy (non-hydrogen) atoms. The lowest BCUT2D eigenvalue weighted by Crippen LogP contribution is -2.39. The van der Waals surface area contributed by atoms with Gasteiger partial charge in [0.25, 0.3) is 0 Å². The van der Waals surface area contributed by atoms with Gasteiger partial charge in [0.2, 0.25) is 0 Å². The van der Waals surface area contributed by atoms with Crippen LogP contribution in [0, 0.1) is 5.92 Å². The van der Waals surface area contributed by atoms with E-state index in [0.29, 0.717) is 12.5 Å². The number of carbonyl (C=O) groups is 1. The van der Waals surface area contributed by atoms with Crippen molar-refractivity contribution < 1.29 is 9.53 Å². The molecule has 1 heterocycles. The molecule has 1 aromatic heterocycles. The Balaban J connectivity index is 1.89. The molecule has 1 N–H and O–H groups in total. The molecule has 0 aromatic carbocycles. The minimum absolute atomic E-state index is 0.154. The van der Waals surface area contributed by atoms with Crippen LogP contribution in [0.5, 0.6) is 0 Å². The number of rotatable bonds is 5. The highest BCUT2D eigenvalue weighted by molar-refractivity contribution is 5.76. The van der Waals surface area contributed by atoms with E-state index in [1.54, 1.807) is 12.4 Å². The van der Waals surface area contributed by atoms with Crippen molar-refractivity contribution in [3.63, 3.8) is 0 Å². The van der Waals surface area contributed by atoms with Crippen LogP contribution in [0.1, 0.15) is 18.4 Å². The van der Waals surface area contributed by atoms with Gasteiger partial charge in [-0.3, -0.25) is 9.78 Å². The fraction of sp³-hybridized carbons (Fsp3) is 0.500. The summed E-state index contributed by atoms with van der Waals surface area (Å²) in [6.45, 7) is 0.679. The van der Waals surface area contributed by atoms with E-state index in [-0.39, 0.29) is 12.0 Å². The Morgan fingerprint density at radius 2 is 2.25 bits per heavy atom. The number of methoxy groups -OCH3 is 1. The van der Waals surface area contributed by atoms with Gasteiger partial charge in [-0.1, -0.05) is 0 Å². The fourth-order valence-electron chi connectivity index (χ4n) is 1.73. The smallest absolute Gasteiger partial charge is 0.323 e. The topological polar surface area (TPSA) is 51.2 Å². The molecule has 0 spiro atoms. The van der Waals surface area contributed by atoms with Gasteiger partial charge in [-0.2, -0.15) is 0 Å². The lowest BCUT2D eigenvalue weighted by atomic mass is 10.1. The van der Waals surface area contributed by atoms with Crippen molar-refractivity contribution in [1.29, 1.82) is 0 Å². The Kier molecular flexibility index (Phi) is 3.51. The van der Waals surface area contributed by atoms with Crippen molar-refractivity contribution in [3.8, 4) is 0 Å². The third-order valence-corrected chi connectivity index (χ3v) is 2.82. The normalized spacial score (nSPS) is 16.8. The standard InChI is InChI=1S/C12H16N2O2/c1-16-12(15)11(10-2-3-10)14-8-9-4-6-13-7-5-9/h4-7,10-11,14H,2-3,8H2,1H3. The molecule has 0 radical (unpaired) electrons. The molecule has 0 bridgehead atoms. The van der Waals surface area contributed by atoms with E-state index in [0.717, 1.165) is 18.4 Å². The number of esters is 1. The second-order valence-electron chi connectivity index (χ2n) is 4.07. The largest absolute Gasteiger partial charge is 0.468 e. The highest BCUT2D eigenvalue weighted by Gasteiger charge is 2.36. The van der Waals surface area contributed by atoms with Gasteiger partial charge in [-0.15, -0.1) is 0 Å². The third-order valence-electron chi connectivity index (χ3n) is 2.82. The van der Waals surface area contributed by atoms with Crippen molar-refractivity contribution in [1.82, 2.24) is 10.3 Å². The monoisotopic (exact) mass is 220 g/mol. The fourth-order valence-corrected chi connectivity index (χ4v) is 1.73. The molecule has 1 saturated carbocycles. The maximum absolute atomic E-state index is 11.5. The van der Waals surface area contributed by atoms with Crippen LogP contribution in [0.3, 0.4) is 0 Å². The highest BCUT2D eigenvalue weighted by atomic mass is 16.5. The maximum Gasteiger partial charge on any atom is 0.323 e. The number of nitrogens with one attached hydrogen (secondary N) is 1. The maximum atomic E-state index is 11.5. The average Bonchev–Trinajstić information content (AvgIpc) is 3.15. The van der Waals surface area contributed by atoms with E-state index in [1.807, 2.05) is 12.1 Å². The number of hydrogen-bond donors (Lipinski definition) is 1. The highest BCUT2D eigenvalue weighted by Crippen LogP contribution is 2.33. The Labute approximate surface area is 95.0 Å². The van der Waals surface area contributed by atoms with E-state index in [9.17, 15) is 4.79 Å². The Bertz CT molecular complexity index is 349. The summed E-state index contributed by atoms with van der Waals surface area (Å²) in [7, 11) is 1.44. The molecule has 0 amide bonds. The van der Waals surface area contributed by atoms with E-state index in [4.69, 9.17) is 4.74 Å². The van der Waals surface area contributed by atoms with Gasteiger partial charge in [0.1, 0.15) is 6.04 Å². The van der Waals surface area contributed by atoms with Gasteiger partial charge in [-0.05, 0) is 36.5 Å². The molecular formula is C12H16N2O2. The number of aromatic nitrogens is 1. The average molecular weight is 220 g/mol. The molecule has 2 rings (SSSR count). The molecule has 1 unspecified atom stereocenters. The first-order chi connectivity index (χ1) is 7.81. The van der Waals surface area contributed by atoms with Gasteiger partial charge < -0.3 is 10.1 Å². The number of carbonyl (C=O) groups excluding carboxylic acids is 1. The first kappa shape index (κ1) is 11.1. The molecule has 1 fully saturated rings. The number of nitrogens with zero attached hydrogens (tertiary/aromatic N) is 1. The summed E-state index contributed by atoms with van der Waals surface area (Å²) < 4.78 is 4.79. The van der Waals surface area contributed by atoms with Crippen LogP contribution in [-0.2, 0) is 16.1 Å². The zero-order valence-electron chi connectivity index (χ0n) is 9.35. The molecule has 0 saturated heterocycles. The third kappa shape index (κ3) is 2.79. The van der Waals surface area contributed by atoms with Gasteiger partial charge in [0, 0.05) is 18.9 Å². The van der Waals surface area contributed by atoms with E-state index >= 15 is 0 Å². The minimum atomic E-state index is -0.156. The van der Waals surface area contributed by atoms with Gasteiger partial charge in [0.05, 0.1) is 7.11 Å². The molecule has 1 aliphatic rings. The van der Waals surface area contributed by atoms with Crippen LogP contribution < -0.4 is 5.32 Å². The van der Waals surface area contributed by atoms with Crippen LogP contribution in [-0.4, -0.2) is 24.1 Å². The first-order valence-corrected chi connectivity index (χ1v) is 5.51. The lowest BCUT2D eigenvalue weighted by Gasteiger charge is -2.15. The molecule has 86 valence electrons. The Morgan fingerprint density at radius 3 is 2.81 bits per heavy atom. The summed E-state index contributed by atoms with van der Waals surface area (Å²) in [4.78, 5) is 15.5. The van der Waals surface area contributed by atoms with Gasteiger partial charge >= 0.3 is 5.97 Å². The molecule has 0 aliphatic heterocycles. The summed E-state index contributed by atoms with van der Waals surface area (Å²) in [6, 6.07) is 3.72. The summed E-state index contributed by atoms with van der Waals surface area (Å²) >= 11 is 0. The minimum Gasteiger partial charge on any atom is -0.468 e. The van der Waals surface area contributed by atoms with E-state index in [1.165, 1.54) is 7.11 Å². The van der Waals surface area contributed by atoms with Crippen molar-refractivity contribution in [2.45, 2.75) is 25.4 Å². The number of ether oxygens (including phenoxy) is 1. The Morgan fingerprint density at radius 1 is 1.56 bits per heavy atom. The molecular weight excluding hydrogens is 204 g/mol. The predicted octanol–water partition coefficient (Wildman–Crippen LogP) is 1.12. The number of pyridine rings is 1. The summed E-state index contributed by atoms with van der Waals surface area (Å²) in [6.07, 6.45) is 5.73. The predicted molar refractivity (Wildman–Crippen MR) is 59.6 cm³/mol. The van der Waals surface area contributed by atoms with Gasteiger partial charge in [0.15, 0.2) is 0 Å². The van der Waals surface area contributed by atoms with Crippen LogP contribution in [0.15, 0.2) is 24.5 Å². The number of hydrogen-bond acceptors (Lipinski definition) is 4. The zero-order valence-corrected chi connectivity index (χ0v) is 9.35. The molecule has 4 heteroatoms. The molecule has 4 nitrogen and oxygen atoms in total. The van der Waals surface area contributed by atoms with Crippen LogP contribution in [0.25, 0.3) is 0 Å². The van der Waals surface area contributed by atoms with Crippen molar-refractivity contribution in [2.24, 2.45) is 5.92 Å². The van der Waals surface area contributed by atoms with Crippen LogP contribution >= 0.6 is 0 Å². The van der Waals surface area contributed by atoms with Gasteiger partial charge in [-0.25, -0.2) is 0 Å². The van der Waals surface area contributed by atoms with Crippen LogP contribution in [0.2, 0.25) is 0 Å². The van der Waals surface area contributed by atoms with E-state index in [2.05, 4.69) is 10.3 Å². The lowest BCUT2D eigenvalue weighted by molar-refractivity contribution is -0.143. The summed E-state index contributed by atoms with van der Waals surface area (Å²) in [5.41, 5.74) is 1.13. The SMILES string of the molecule is COC(=O)C(NCc1ccncc1)C1CC1. The quantitative estimate of drug-likeness (QED) is 0.756. The molecule has 1 atom stereocenters.